The lowest BCUT2D eigenvalue weighted by Crippen LogP contribution is -2.44. The first-order chi connectivity index (χ1) is 11.4. The Morgan fingerprint density at radius 1 is 1.08 bits per heavy atom. The molecule has 1 rings (SSSR count). The summed E-state index contributed by atoms with van der Waals surface area (Å²) in [5.41, 5.74) is -5.11. The van der Waals surface area contributed by atoms with Crippen LogP contribution < -0.4 is 0 Å². The molecule has 0 spiro atoms. The van der Waals surface area contributed by atoms with Crippen molar-refractivity contribution in [3.8, 4) is 0 Å². The maximum Gasteiger partial charge on any atom is 0.336 e. The summed E-state index contributed by atoms with van der Waals surface area (Å²) in [5.74, 6) is -8.02. The molecule has 0 amide bonds. The van der Waals surface area contributed by atoms with Crippen LogP contribution in [0.1, 0.15) is 13.3 Å². The second-order valence-electron chi connectivity index (χ2n) is 5.29. The fourth-order valence-corrected chi connectivity index (χ4v) is 2.20. The lowest BCUT2D eigenvalue weighted by atomic mass is 9.70. The minimum absolute atomic E-state index is 0.0857. The van der Waals surface area contributed by atoms with E-state index in [0.717, 1.165) is 0 Å². The zero-order chi connectivity index (χ0) is 19.5. The van der Waals surface area contributed by atoms with E-state index in [1.54, 1.807) is 0 Å². The second-order valence-corrected chi connectivity index (χ2v) is 5.29. The monoisotopic (exact) mass is 354 g/mol. The van der Waals surface area contributed by atoms with Crippen LogP contribution in [-0.4, -0.2) is 56.9 Å². The van der Waals surface area contributed by atoms with Gasteiger partial charge in [-0.25, -0.2) is 19.2 Å². The van der Waals surface area contributed by atoms with E-state index >= 15 is 0 Å². The lowest BCUT2D eigenvalue weighted by molar-refractivity contribution is -0.158. The summed E-state index contributed by atoms with van der Waals surface area (Å²) in [6.07, 6.45) is -0.527. The fraction of sp³-hybridized carbons (Fsp3) is 0.267. The van der Waals surface area contributed by atoms with Gasteiger partial charge in [-0.15, -0.1) is 0 Å². The van der Waals surface area contributed by atoms with Gasteiger partial charge in [0.05, 0.1) is 16.7 Å². The molecule has 0 radical (unpaired) electrons. The summed E-state index contributed by atoms with van der Waals surface area (Å²) in [6, 6.07) is 0. The Bertz CT molecular complexity index is 754. The summed E-state index contributed by atoms with van der Waals surface area (Å²) < 4.78 is 4.73. The highest BCUT2D eigenvalue weighted by Crippen LogP contribution is 2.41. The first-order valence-corrected chi connectivity index (χ1v) is 6.65. The predicted molar refractivity (Wildman–Crippen MR) is 78.5 cm³/mol. The van der Waals surface area contributed by atoms with Crippen molar-refractivity contribution in [3.63, 3.8) is 0 Å². The standard InChI is InChI=1S/C15H14O10/c1-6(2)13(22)25-5-15(14(23)24)4-8(11(18)19)7(10(16)17)3-9(15)12(20)21/h3H,1,4-5H2,2H3,(H,16,17)(H,18,19)(H,20,21)(H,23,24). The van der Waals surface area contributed by atoms with Crippen molar-refractivity contribution in [3.05, 3.63) is 34.9 Å². The van der Waals surface area contributed by atoms with Gasteiger partial charge in [-0.1, -0.05) is 6.58 Å². The molecule has 1 unspecified atom stereocenters. The van der Waals surface area contributed by atoms with Crippen molar-refractivity contribution in [2.75, 3.05) is 6.61 Å². The van der Waals surface area contributed by atoms with Gasteiger partial charge in [0.2, 0.25) is 0 Å². The summed E-state index contributed by atoms with van der Waals surface area (Å²) >= 11 is 0. The highest BCUT2D eigenvalue weighted by molar-refractivity contribution is 6.07. The summed E-state index contributed by atoms with van der Waals surface area (Å²) in [4.78, 5) is 57.2. The van der Waals surface area contributed by atoms with E-state index in [-0.39, 0.29) is 5.57 Å². The largest absolute Gasteiger partial charge is 0.480 e. The number of carbonyl (C=O) groups excluding carboxylic acids is 1. The second kappa shape index (κ2) is 6.99. The molecule has 25 heavy (non-hydrogen) atoms. The molecule has 0 bridgehead atoms. The maximum atomic E-state index is 11.7. The van der Waals surface area contributed by atoms with Gasteiger partial charge in [0, 0.05) is 12.0 Å². The Balaban J connectivity index is 3.54. The number of rotatable bonds is 7. The molecule has 10 heteroatoms. The summed E-state index contributed by atoms with van der Waals surface area (Å²) in [7, 11) is 0. The molecule has 1 aliphatic carbocycles. The van der Waals surface area contributed by atoms with Crippen LogP contribution in [0.15, 0.2) is 34.9 Å². The molecular formula is C15H14O10. The zero-order valence-electron chi connectivity index (χ0n) is 12.9. The van der Waals surface area contributed by atoms with Crippen LogP contribution >= 0.6 is 0 Å². The predicted octanol–water partition coefficient (Wildman–Crippen LogP) is 0.0572. The van der Waals surface area contributed by atoms with Gasteiger partial charge in [-0.3, -0.25) is 4.79 Å². The Morgan fingerprint density at radius 3 is 2.00 bits per heavy atom. The topological polar surface area (TPSA) is 176 Å². The van der Waals surface area contributed by atoms with Crippen molar-refractivity contribution in [2.24, 2.45) is 5.41 Å². The average molecular weight is 354 g/mol. The van der Waals surface area contributed by atoms with Crippen LogP contribution in [0, 0.1) is 5.41 Å². The molecule has 1 atom stereocenters. The molecule has 134 valence electrons. The third-order valence-corrected chi connectivity index (χ3v) is 3.53. The molecule has 1 aliphatic rings. The Morgan fingerprint density at radius 2 is 1.64 bits per heavy atom. The molecule has 0 fully saturated rings. The van der Waals surface area contributed by atoms with Gasteiger partial charge >= 0.3 is 29.8 Å². The van der Waals surface area contributed by atoms with E-state index < -0.39 is 65.0 Å². The Labute approximate surface area is 140 Å². The van der Waals surface area contributed by atoms with Gasteiger partial charge in [0.25, 0.3) is 0 Å². The molecule has 10 nitrogen and oxygen atoms in total. The summed E-state index contributed by atoms with van der Waals surface area (Å²) in [5, 5.41) is 37.0. The first-order valence-electron chi connectivity index (χ1n) is 6.65. The van der Waals surface area contributed by atoms with Crippen molar-refractivity contribution in [1.82, 2.24) is 0 Å². The third-order valence-electron chi connectivity index (χ3n) is 3.53. The third kappa shape index (κ3) is 3.74. The molecule has 0 aromatic rings. The van der Waals surface area contributed by atoms with Crippen LogP contribution in [0.3, 0.4) is 0 Å². The number of aliphatic carboxylic acids is 4. The average Bonchev–Trinajstić information content (AvgIpc) is 2.50. The van der Waals surface area contributed by atoms with Gasteiger partial charge < -0.3 is 25.2 Å². The SMILES string of the molecule is C=C(C)C(=O)OCC1(C(=O)O)CC(C(=O)O)=C(C(=O)O)C=C1C(=O)O. The van der Waals surface area contributed by atoms with Gasteiger partial charge in [-0.05, 0) is 13.0 Å². The minimum Gasteiger partial charge on any atom is -0.480 e. The van der Waals surface area contributed by atoms with Crippen LogP contribution in [0.2, 0.25) is 0 Å². The molecule has 0 saturated carbocycles. The van der Waals surface area contributed by atoms with E-state index in [4.69, 9.17) is 14.9 Å². The number of ether oxygens (including phenoxy) is 1. The number of hydrogen-bond donors (Lipinski definition) is 4. The van der Waals surface area contributed by atoms with Crippen molar-refractivity contribution in [2.45, 2.75) is 13.3 Å². The Kier molecular flexibility index (Phi) is 5.49. The highest BCUT2D eigenvalue weighted by atomic mass is 16.5. The number of esters is 1. The lowest BCUT2D eigenvalue weighted by Gasteiger charge is -2.32. The molecule has 0 aliphatic heterocycles. The smallest absolute Gasteiger partial charge is 0.336 e. The highest BCUT2D eigenvalue weighted by Gasteiger charge is 2.51. The van der Waals surface area contributed by atoms with Crippen LogP contribution in [-0.2, 0) is 28.7 Å². The van der Waals surface area contributed by atoms with Gasteiger partial charge in [0.1, 0.15) is 12.0 Å². The zero-order valence-corrected chi connectivity index (χ0v) is 12.9. The fourth-order valence-electron chi connectivity index (χ4n) is 2.20. The van der Waals surface area contributed by atoms with E-state index in [2.05, 4.69) is 6.58 Å². The van der Waals surface area contributed by atoms with E-state index in [1.165, 1.54) is 6.92 Å². The van der Waals surface area contributed by atoms with Gasteiger partial charge in [0.15, 0.2) is 0 Å². The molecule has 0 aromatic heterocycles. The van der Waals surface area contributed by atoms with E-state index in [0.29, 0.717) is 6.08 Å². The number of carboxylic acid groups (broad SMARTS) is 4. The number of carbonyl (C=O) groups is 5. The normalized spacial score (nSPS) is 19.6. The summed E-state index contributed by atoms with van der Waals surface area (Å²) in [6.45, 7) is 3.55. The number of hydrogen-bond acceptors (Lipinski definition) is 6. The van der Waals surface area contributed by atoms with Crippen molar-refractivity contribution in [1.29, 1.82) is 0 Å². The van der Waals surface area contributed by atoms with E-state index in [9.17, 15) is 34.2 Å². The number of carboxylic acids is 4. The van der Waals surface area contributed by atoms with E-state index in [1.807, 2.05) is 0 Å². The van der Waals surface area contributed by atoms with Crippen molar-refractivity contribution >= 4 is 29.8 Å². The first kappa shape index (κ1) is 19.6. The molecule has 4 N–H and O–H groups in total. The van der Waals surface area contributed by atoms with Crippen molar-refractivity contribution < 1.29 is 49.1 Å². The quantitative estimate of drug-likeness (QED) is 0.361. The van der Waals surface area contributed by atoms with Gasteiger partial charge in [-0.2, -0.15) is 0 Å². The minimum atomic E-state index is -2.45. The Hall–Kier alpha value is -3.43. The molecule has 0 aromatic carbocycles. The van der Waals surface area contributed by atoms with Crippen LogP contribution in [0.5, 0.6) is 0 Å². The molecular weight excluding hydrogens is 340 g/mol. The maximum absolute atomic E-state index is 11.7. The van der Waals surface area contributed by atoms with Crippen LogP contribution in [0.4, 0.5) is 0 Å². The molecule has 0 heterocycles. The molecule has 0 saturated heterocycles. The van der Waals surface area contributed by atoms with Crippen LogP contribution in [0.25, 0.3) is 0 Å².